The second-order valence-corrected chi connectivity index (χ2v) is 6.56. The number of carbonyl (C=O) groups excluding carboxylic acids is 1. The molecule has 0 radical (unpaired) electrons. The minimum atomic E-state index is -2.72. The van der Waals surface area contributed by atoms with Crippen molar-refractivity contribution >= 4 is 35.1 Å². The zero-order valence-electron chi connectivity index (χ0n) is 14.0. The fraction of sp³-hybridized carbons (Fsp3) is 0.250. The molecule has 0 unspecified atom stereocenters. The Morgan fingerprint density at radius 2 is 2.04 bits per heavy atom. The average Bonchev–Trinajstić information content (AvgIpc) is 3.16. The van der Waals surface area contributed by atoms with E-state index >= 15 is 0 Å². The van der Waals surface area contributed by atoms with Gasteiger partial charge in [-0.3, -0.25) is 14.8 Å². The van der Waals surface area contributed by atoms with Gasteiger partial charge in [0.05, 0.1) is 12.2 Å². The molecule has 0 fully saturated rings. The number of nitrogens with one attached hydrogen (secondary N) is 1. The number of nitrogens with zero attached hydrogens (tertiary/aromatic N) is 5. The molecule has 2 heterocycles. The maximum Gasteiger partial charge on any atom is 0.280 e. The number of benzene rings is 1. The number of aryl methyl sites for hydroxylation is 1. The zero-order chi connectivity index (χ0) is 19.6. The number of hydrogen-bond donors (Lipinski definition) is 1. The molecule has 11 heteroatoms. The number of carbonyl (C=O) groups is 1. The van der Waals surface area contributed by atoms with E-state index in [4.69, 9.17) is 23.2 Å². The zero-order valence-corrected chi connectivity index (χ0v) is 15.5. The maximum absolute atomic E-state index is 12.9. The highest BCUT2D eigenvalue weighted by Crippen LogP contribution is 2.22. The molecule has 142 valence electrons. The van der Waals surface area contributed by atoms with Gasteiger partial charge in [-0.25, -0.2) is 18.4 Å². The predicted molar refractivity (Wildman–Crippen MR) is 96.1 cm³/mol. The molecule has 7 nitrogen and oxygen atoms in total. The highest BCUT2D eigenvalue weighted by molar-refractivity contribution is 6.35. The Hall–Kier alpha value is -2.52. The second kappa shape index (κ2) is 8.01. The number of alkyl halides is 2. The van der Waals surface area contributed by atoms with Crippen LogP contribution < -0.4 is 5.32 Å². The van der Waals surface area contributed by atoms with E-state index in [2.05, 4.69) is 20.5 Å². The monoisotopic (exact) mass is 414 g/mol. The summed E-state index contributed by atoms with van der Waals surface area (Å²) in [4.78, 5) is 16.1. The first-order chi connectivity index (χ1) is 12.8. The van der Waals surface area contributed by atoms with Crippen molar-refractivity contribution in [2.45, 2.75) is 26.4 Å². The van der Waals surface area contributed by atoms with Crippen LogP contribution >= 0.6 is 23.2 Å². The lowest BCUT2D eigenvalue weighted by Gasteiger charge is -2.06. The molecule has 1 N–H and O–H groups in total. The molecule has 3 aromatic rings. The van der Waals surface area contributed by atoms with E-state index in [-0.39, 0.29) is 18.2 Å². The van der Waals surface area contributed by atoms with E-state index in [9.17, 15) is 13.6 Å². The van der Waals surface area contributed by atoms with Crippen LogP contribution in [0.25, 0.3) is 0 Å². The summed E-state index contributed by atoms with van der Waals surface area (Å²) in [5, 5.41) is 11.5. The van der Waals surface area contributed by atoms with Crippen molar-refractivity contribution in [3.63, 3.8) is 0 Å². The van der Waals surface area contributed by atoms with E-state index in [1.54, 1.807) is 25.1 Å². The molecule has 0 aliphatic rings. The number of rotatable bonds is 6. The van der Waals surface area contributed by atoms with E-state index in [1.807, 2.05) is 0 Å². The summed E-state index contributed by atoms with van der Waals surface area (Å²) >= 11 is 12.0. The smallest absolute Gasteiger partial charge is 0.280 e. The first-order valence-electron chi connectivity index (χ1n) is 7.77. The summed E-state index contributed by atoms with van der Waals surface area (Å²) in [5.74, 6) is -0.519. The molecule has 1 amide bonds. The van der Waals surface area contributed by atoms with Gasteiger partial charge in [-0.05, 0) is 30.7 Å². The van der Waals surface area contributed by atoms with Gasteiger partial charge in [0.1, 0.15) is 18.6 Å². The van der Waals surface area contributed by atoms with Crippen LogP contribution in [-0.2, 0) is 17.9 Å². The quantitative estimate of drug-likeness (QED) is 0.666. The standard InChI is InChI=1S/C16H14Cl2F2N6O/c1-9-4-13(15(19)20)26(23-9)7-14(27)22-16-21-8-25(24-16)6-10-2-3-11(17)5-12(10)18/h2-5,8,15H,6-7H2,1H3,(H,22,24,27). The minimum absolute atomic E-state index is 0.0487. The molecule has 0 saturated heterocycles. The van der Waals surface area contributed by atoms with Crippen molar-refractivity contribution in [3.8, 4) is 0 Å². The van der Waals surface area contributed by atoms with Crippen LogP contribution in [0.3, 0.4) is 0 Å². The predicted octanol–water partition coefficient (Wildman–Crippen LogP) is 3.71. The molecular weight excluding hydrogens is 401 g/mol. The second-order valence-electron chi connectivity index (χ2n) is 5.72. The van der Waals surface area contributed by atoms with Gasteiger partial charge in [0, 0.05) is 10.0 Å². The van der Waals surface area contributed by atoms with Crippen LogP contribution in [-0.4, -0.2) is 30.5 Å². The molecule has 0 aliphatic carbocycles. The van der Waals surface area contributed by atoms with Crippen molar-refractivity contribution < 1.29 is 13.6 Å². The largest absolute Gasteiger partial charge is 0.292 e. The Kier molecular flexibility index (Phi) is 5.71. The van der Waals surface area contributed by atoms with Gasteiger partial charge in [-0.1, -0.05) is 29.3 Å². The highest BCUT2D eigenvalue weighted by atomic mass is 35.5. The van der Waals surface area contributed by atoms with Crippen molar-refractivity contribution in [3.05, 3.63) is 57.6 Å². The Bertz CT molecular complexity index is 972. The lowest BCUT2D eigenvalue weighted by atomic mass is 10.2. The summed E-state index contributed by atoms with van der Waals surface area (Å²) in [7, 11) is 0. The summed E-state index contributed by atoms with van der Waals surface area (Å²) in [6.45, 7) is 1.53. The Morgan fingerprint density at radius 1 is 1.26 bits per heavy atom. The lowest BCUT2D eigenvalue weighted by molar-refractivity contribution is -0.117. The average molecular weight is 415 g/mol. The normalized spacial score (nSPS) is 11.2. The van der Waals surface area contributed by atoms with E-state index in [0.717, 1.165) is 10.2 Å². The molecule has 0 aliphatic heterocycles. The van der Waals surface area contributed by atoms with Gasteiger partial charge in [0.2, 0.25) is 11.9 Å². The van der Waals surface area contributed by atoms with Crippen LogP contribution in [0.1, 0.15) is 23.4 Å². The highest BCUT2D eigenvalue weighted by Gasteiger charge is 2.18. The Balaban J connectivity index is 1.64. The third kappa shape index (κ3) is 4.81. The number of hydrogen-bond acceptors (Lipinski definition) is 4. The number of aromatic nitrogens is 5. The van der Waals surface area contributed by atoms with Crippen LogP contribution in [0.2, 0.25) is 10.0 Å². The van der Waals surface area contributed by atoms with Crippen LogP contribution in [0, 0.1) is 6.92 Å². The van der Waals surface area contributed by atoms with Crippen molar-refractivity contribution in [2.75, 3.05) is 5.32 Å². The van der Waals surface area contributed by atoms with E-state index in [0.29, 0.717) is 22.3 Å². The van der Waals surface area contributed by atoms with E-state index < -0.39 is 12.3 Å². The fourth-order valence-corrected chi connectivity index (χ4v) is 2.89. The van der Waals surface area contributed by atoms with Gasteiger partial charge >= 0.3 is 0 Å². The van der Waals surface area contributed by atoms with Crippen molar-refractivity contribution in [1.29, 1.82) is 0 Å². The van der Waals surface area contributed by atoms with Crippen LogP contribution in [0.5, 0.6) is 0 Å². The van der Waals surface area contributed by atoms with Crippen molar-refractivity contribution in [1.82, 2.24) is 24.5 Å². The first kappa shape index (κ1) is 19.2. The molecular formula is C16H14Cl2F2N6O. The molecule has 2 aromatic heterocycles. The van der Waals surface area contributed by atoms with Gasteiger partial charge in [-0.2, -0.15) is 5.10 Å². The minimum Gasteiger partial charge on any atom is -0.292 e. The molecule has 1 aromatic carbocycles. The third-order valence-electron chi connectivity index (χ3n) is 3.59. The SMILES string of the molecule is Cc1cc(C(F)F)n(CC(=O)Nc2ncn(Cc3ccc(Cl)cc3Cl)n2)n1. The number of amides is 1. The van der Waals surface area contributed by atoms with Gasteiger partial charge in [0.25, 0.3) is 6.43 Å². The topological polar surface area (TPSA) is 77.6 Å². The number of halogens is 4. The summed E-state index contributed by atoms with van der Waals surface area (Å²) in [5.41, 5.74) is 0.858. The lowest BCUT2D eigenvalue weighted by Crippen LogP contribution is -2.21. The summed E-state index contributed by atoms with van der Waals surface area (Å²) in [6.07, 6.45) is -1.30. The molecule has 0 saturated carbocycles. The maximum atomic E-state index is 12.9. The molecule has 3 rings (SSSR count). The molecule has 27 heavy (non-hydrogen) atoms. The van der Waals surface area contributed by atoms with Crippen LogP contribution in [0.15, 0.2) is 30.6 Å². The molecule has 0 atom stereocenters. The third-order valence-corrected chi connectivity index (χ3v) is 4.17. The Labute approximate surface area is 162 Å². The van der Waals surface area contributed by atoms with E-state index in [1.165, 1.54) is 17.1 Å². The van der Waals surface area contributed by atoms with Gasteiger partial charge in [0.15, 0.2) is 0 Å². The summed E-state index contributed by atoms with van der Waals surface area (Å²) in [6, 6.07) is 6.32. The van der Waals surface area contributed by atoms with Gasteiger partial charge < -0.3 is 0 Å². The fourth-order valence-electron chi connectivity index (χ4n) is 2.42. The first-order valence-corrected chi connectivity index (χ1v) is 8.53. The molecule has 0 spiro atoms. The summed E-state index contributed by atoms with van der Waals surface area (Å²) < 4.78 is 28.3. The Morgan fingerprint density at radius 3 is 2.74 bits per heavy atom. The molecule has 0 bridgehead atoms. The van der Waals surface area contributed by atoms with Crippen LogP contribution in [0.4, 0.5) is 14.7 Å². The van der Waals surface area contributed by atoms with Crippen molar-refractivity contribution in [2.24, 2.45) is 0 Å². The van der Waals surface area contributed by atoms with Gasteiger partial charge in [-0.15, -0.1) is 5.10 Å². The number of anilines is 1.